The zero-order valence-electron chi connectivity index (χ0n) is 16.6. The molecule has 1 aromatic heterocycles. The van der Waals surface area contributed by atoms with Crippen molar-refractivity contribution in [2.24, 2.45) is 0 Å². The second-order valence-electron chi connectivity index (χ2n) is 7.01. The number of hydrogen-bond donors (Lipinski definition) is 1. The van der Waals surface area contributed by atoms with Gasteiger partial charge in [-0.1, -0.05) is 0 Å². The molecule has 0 bridgehead atoms. The Bertz CT molecular complexity index is 902. The Balaban J connectivity index is 1.31. The van der Waals surface area contributed by atoms with Crippen molar-refractivity contribution in [3.05, 3.63) is 48.2 Å². The molecular formula is C21H23N3O5S. The number of hydrogen-bond acceptors (Lipinski definition) is 7. The monoisotopic (exact) mass is 429 g/mol. The second-order valence-corrected chi connectivity index (χ2v) is 8.16. The van der Waals surface area contributed by atoms with Gasteiger partial charge in [0.25, 0.3) is 5.91 Å². The van der Waals surface area contributed by atoms with Gasteiger partial charge in [-0.3, -0.25) is 9.69 Å². The zero-order chi connectivity index (χ0) is 20.9. The van der Waals surface area contributed by atoms with Crippen LogP contribution in [-0.2, 0) is 4.74 Å². The number of methoxy groups -OCH3 is 1. The van der Waals surface area contributed by atoms with Crippen LogP contribution in [0.4, 0.5) is 10.5 Å². The van der Waals surface area contributed by atoms with Gasteiger partial charge in [-0.15, -0.1) is 0 Å². The Morgan fingerprint density at radius 1 is 1.33 bits per heavy atom. The van der Waals surface area contributed by atoms with E-state index >= 15 is 0 Å². The molecule has 4 rings (SSSR count). The minimum absolute atomic E-state index is 0.141. The number of thioether (sulfide) groups is 1. The van der Waals surface area contributed by atoms with Crippen LogP contribution in [0.1, 0.15) is 16.8 Å². The van der Waals surface area contributed by atoms with Crippen molar-refractivity contribution in [2.75, 3.05) is 36.6 Å². The maximum atomic E-state index is 12.5. The first-order valence-electron chi connectivity index (χ1n) is 9.73. The number of carbonyl (C=O) groups is 2. The largest absolute Gasteiger partial charge is 0.497 e. The number of nitrogens with one attached hydrogen (secondary N) is 1. The summed E-state index contributed by atoms with van der Waals surface area (Å²) >= 11 is 1.85. The Morgan fingerprint density at radius 2 is 2.17 bits per heavy atom. The summed E-state index contributed by atoms with van der Waals surface area (Å²) in [5, 5.41) is 2.82. The van der Waals surface area contributed by atoms with Crippen LogP contribution in [0.2, 0.25) is 0 Å². The highest BCUT2D eigenvalue weighted by molar-refractivity contribution is 7.99. The molecule has 2 unspecified atom stereocenters. The molecule has 0 saturated carbocycles. The average molecular weight is 429 g/mol. The van der Waals surface area contributed by atoms with E-state index in [9.17, 15) is 9.59 Å². The zero-order valence-corrected chi connectivity index (χ0v) is 17.4. The van der Waals surface area contributed by atoms with Crippen molar-refractivity contribution < 1.29 is 23.8 Å². The Kier molecular flexibility index (Phi) is 6.27. The van der Waals surface area contributed by atoms with Crippen molar-refractivity contribution in [1.29, 1.82) is 0 Å². The van der Waals surface area contributed by atoms with Crippen LogP contribution in [0.3, 0.4) is 0 Å². The van der Waals surface area contributed by atoms with Crippen LogP contribution in [0.15, 0.2) is 42.6 Å². The molecule has 2 aromatic rings. The normalized spacial score (nSPS) is 20.7. The Hall–Kier alpha value is -2.94. The van der Waals surface area contributed by atoms with Crippen LogP contribution >= 0.6 is 11.8 Å². The van der Waals surface area contributed by atoms with E-state index in [-0.39, 0.29) is 18.6 Å². The lowest BCUT2D eigenvalue weighted by Gasteiger charge is -2.14. The highest BCUT2D eigenvalue weighted by atomic mass is 32.2. The Labute approximate surface area is 178 Å². The lowest BCUT2D eigenvalue weighted by molar-refractivity contribution is 0.0915. The second kappa shape index (κ2) is 9.25. The minimum atomic E-state index is -0.437. The fraction of sp³-hybridized carbons (Fsp3) is 0.381. The van der Waals surface area contributed by atoms with Crippen LogP contribution in [0.5, 0.6) is 11.6 Å². The molecule has 8 nitrogen and oxygen atoms in total. The number of amides is 2. The molecule has 9 heteroatoms. The first kappa shape index (κ1) is 20.3. The van der Waals surface area contributed by atoms with Gasteiger partial charge in [0.1, 0.15) is 18.0 Å². The lowest BCUT2D eigenvalue weighted by atomic mass is 10.2. The number of aromatic nitrogens is 1. The van der Waals surface area contributed by atoms with E-state index in [0.29, 0.717) is 23.7 Å². The number of ether oxygens (including phenoxy) is 3. The van der Waals surface area contributed by atoms with Gasteiger partial charge in [0, 0.05) is 29.3 Å². The molecule has 0 aliphatic carbocycles. The van der Waals surface area contributed by atoms with Gasteiger partial charge in [-0.25, -0.2) is 9.78 Å². The van der Waals surface area contributed by atoms with E-state index in [0.717, 1.165) is 23.6 Å². The van der Waals surface area contributed by atoms with E-state index in [1.807, 2.05) is 11.8 Å². The van der Waals surface area contributed by atoms with Crippen LogP contribution in [0, 0.1) is 0 Å². The summed E-state index contributed by atoms with van der Waals surface area (Å²) in [4.78, 5) is 30.5. The van der Waals surface area contributed by atoms with Gasteiger partial charge in [-0.2, -0.15) is 11.8 Å². The molecule has 1 aromatic carbocycles. The fourth-order valence-electron chi connectivity index (χ4n) is 3.30. The maximum Gasteiger partial charge on any atom is 0.414 e. The summed E-state index contributed by atoms with van der Waals surface area (Å²) in [5.74, 6) is 2.92. The lowest BCUT2D eigenvalue weighted by Crippen LogP contribution is -2.34. The maximum absolute atomic E-state index is 12.5. The quantitative estimate of drug-likeness (QED) is 0.724. The first-order valence-corrected chi connectivity index (χ1v) is 10.9. The predicted molar refractivity (Wildman–Crippen MR) is 114 cm³/mol. The van der Waals surface area contributed by atoms with Gasteiger partial charge < -0.3 is 19.5 Å². The molecule has 0 spiro atoms. The molecule has 1 N–H and O–H groups in total. The highest BCUT2D eigenvalue weighted by Crippen LogP contribution is 2.24. The minimum Gasteiger partial charge on any atom is -0.497 e. The van der Waals surface area contributed by atoms with Gasteiger partial charge in [0.2, 0.25) is 5.88 Å². The summed E-state index contributed by atoms with van der Waals surface area (Å²) in [6, 6.07) is 10.4. The molecule has 2 aliphatic heterocycles. The number of anilines is 1. The highest BCUT2D eigenvalue weighted by Gasteiger charge is 2.32. The molecule has 2 atom stereocenters. The number of cyclic esters (lactones) is 1. The van der Waals surface area contributed by atoms with Crippen molar-refractivity contribution in [2.45, 2.75) is 18.6 Å². The summed E-state index contributed by atoms with van der Waals surface area (Å²) in [7, 11) is 1.59. The van der Waals surface area contributed by atoms with E-state index in [1.165, 1.54) is 4.90 Å². The SMILES string of the molecule is COc1ccc(N2CC(CNC(=O)c3ccnc(OC4CCSC4)c3)OC2=O)cc1. The average Bonchev–Trinajstić information content (AvgIpc) is 3.41. The molecular weight excluding hydrogens is 406 g/mol. The van der Waals surface area contributed by atoms with Crippen molar-refractivity contribution >= 4 is 29.4 Å². The van der Waals surface area contributed by atoms with Crippen molar-refractivity contribution in [3.8, 4) is 11.6 Å². The van der Waals surface area contributed by atoms with Crippen LogP contribution in [0.25, 0.3) is 0 Å². The fourth-order valence-corrected chi connectivity index (χ4v) is 4.39. The van der Waals surface area contributed by atoms with Gasteiger partial charge >= 0.3 is 6.09 Å². The van der Waals surface area contributed by atoms with Crippen molar-refractivity contribution in [3.63, 3.8) is 0 Å². The summed E-state index contributed by atoms with van der Waals surface area (Å²) in [6.07, 6.45) is 1.82. The Morgan fingerprint density at radius 3 is 2.90 bits per heavy atom. The molecule has 158 valence electrons. The summed E-state index contributed by atoms with van der Waals surface area (Å²) < 4.78 is 16.4. The number of nitrogens with zero attached hydrogens (tertiary/aromatic N) is 2. The first-order chi connectivity index (χ1) is 14.6. The summed E-state index contributed by atoms with van der Waals surface area (Å²) in [5.41, 5.74) is 1.18. The van der Waals surface area contributed by atoms with Crippen molar-refractivity contribution in [1.82, 2.24) is 10.3 Å². The molecule has 2 aliphatic rings. The predicted octanol–water partition coefficient (Wildman–Crippen LogP) is 2.73. The molecule has 2 amide bonds. The van der Waals surface area contributed by atoms with Crippen LogP contribution in [-0.4, -0.2) is 60.9 Å². The van der Waals surface area contributed by atoms with E-state index < -0.39 is 12.2 Å². The standard InChI is InChI=1S/C21H23N3O5S/c1-27-16-4-2-15(3-5-16)24-12-18(29-21(24)26)11-23-20(25)14-6-8-22-19(10-14)28-17-7-9-30-13-17/h2-6,8,10,17-18H,7,9,11-13H2,1H3,(H,23,25). The van der Waals surface area contributed by atoms with Gasteiger partial charge in [0.05, 0.1) is 20.2 Å². The van der Waals surface area contributed by atoms with Gasteiger partial charge in [0.15, 0.2) is 0 Å². The van der Waals surface area contributed by atoms with Gasteiger partial charge in [-0.05, 0) is 42.5 Å². The summed E-state index contributed by atoms with van der Waals surface area (Å²) in [6.45, 7) is 0.574. The molecule has 0 radical (unpaired) electrons. The van der Waals surface area contributed by atoms with E-state index in [2.05, 4.69) is 10.3 Å². The third-order valence-corrected chi connectivity index (χ3v) is 6.05. The molecule has 30 heavy (non-hydrogen) atoms. The van der Waals surface area contributed by atoms with E-state index in [4.69, 9.17) is 14.2 Å². The van der Waals surface area contributed by atoms with E-state index in [1.54, 1.807) is 49.7 Å². The third-order valence-electron chi connectivity index (χ3n) is 4.92. The number of pyridine rings is 1. The third kappa shape index (κ3) is 4.79. The molecule has 2 saturated heterocycles. The molecule has 3 heterocycles. The topological polar surface area (TPSA) is 90.0 Å². The molecule has 2 fully saturated rings. The number of carbonyl (C=O) groups excluding carboxylic acids is 2. The number of rotatable bonds is 7. The van der Waals surface area contributed by atoms with Crippen LogP contribution < -0.4 is 19.7 Å². The number of benzene rings is 1. The smallest absolute Gasteiger partial charge is 0.414 e.